The molecule has 7 nitrogen and oxygen atoms in total. The quantitative estimate of drug-likeness (QED) is 0.645. The summed E-state index contributed by atoms with van der Waals surface area (Å²) >= 11 is 0. The monoisotopic (exact) mass is 256 g/mol. The van der Waals surface area contributed by atoms with E-state index in [1.165, 1.54) is 11.6 Å². The molecule has 1 aliphatic rings. The van der Waals surface area contributed by atoms with Gasteiger partial charge in [0.15, 0.2) is 0 Å². The molecule has 0 aromatic carbocycles. The predicted molar refractivity (Wildman–Crippen MR) is 67.8 cm³/mol. The second-order valence-corrected chi connectivity index (χ2v) is 4.09. The molecule has 0 aliphatic carbocycles. The average molecular weight is 256 g/mol. The van der Waals surface area contributed by atoms with Crippen LogP contribution in [0.4, 0.5) is 5.82 Å². The minimum absolute atomic E-state index is 0.0298. The van der Waals surface area contributed by atoms with Crippen LogP contribution in [0.5, 0.6) is 0 Å². The number of aromatic nitrogens is 2. The van der Waals surface area contributed by atoms with Crippen LogP contribution in [0.15, 0.2) is 17.1 Å². The third kappa shape index (κ3) is 3.06. The summed E-state index contributed by atoms with van der Waals surface area (Å²) in [5.41, 5.74) is 9.49. The molecule has 0 saturated carbocycles. The maximum atomic E-state index is 11.6. The van der Waals surface area contributed by atoms with Gasteiger partial charge in [0.25, 0.3) is 0 Å². The Balaban J connectivity index is 0.000000771. The average Bonchev–Trinajstić information content (AvgIpc) is 2.73. The molecule has 0 radical (unpaired) electrons. The van der Waals surface area contributed by atoms with Gasteiger partial charge in [-0.2, -0.15) is 4.98 Å². The lowest BCUT2D eigenvalue weighted by Gasteiger charge is -2.17. The molecule has 0 bridgehead atoms. The van der Waals surface area contributed by atoms with E-state index in [2.05, 4.69) is 10.7 Å². The van der Waals surface area contributed by atoms with Gasteiger partial charge in [0, 0.05) is 12.1 Å². The Morgan fingerprint density at radius 2 is 2.28 bits per heavy atom. The molecule has 102 valence electrons. The van der Waals surface area contributed by atoms with E-state index >= 15 is 0 Å². The van der Waals surface area contributed by atoms with Gasteiger partial charge in [0.05, 0.1) is 12.7 Å². The summed E-state index contributed by atoms with van der Waals surface area (Å²) in [4.78, 5) is 15.2. The van der Waals surface area contributed by atoms with Crippen LogP contribution in [0.1, 0.15) is 19.6 Å². The van der Waals surface area contributed by atoms with Crippen molar-refractivity contribution in [2.75, 3.05) is 19.4 Å². The zero-order valence-electron chi connectivity index (χ0n) is 10.6. The third-order valence-corrected chi connectivity index (χ3v) is 2.78. The van der Waals surface area contributed by atoms with E-state index in [9.17, 15) is 4.79 Å². The molecule has 0 spiro atoms. The van der Waals surface area contributed by atoms with Gasteiger partial charge < -0.3 is 21.3 Å². The number of aliphatic hydroxyl groups is 1. The highest BCUT2D eigenvalue weighted by Gasteiger charge is 2.33. The molecule has 2 heterocycles. The number of hydrogen-bond donors (Lipinski definition) is 3. The molecule has 2 rings (SSSR count). The lowest BCUT2D eigenvalue weighted by molar-refractivity contribution is -0.0335. The van der Waals surface area contributed by atoms with Gasteiger partial charge in [-0.25, -0.2) is 4.79 Å². The number of nitrogen functional groups attached to an aromatic ring is 1. The molecule has 0 amide bonds. The number of ether oxygens (including phenoxy) is 1. The van der Waals surface area contributed by atoms with E-state index in [-0.39, 0.29) is 30.7 Å². The van der Waals surface area contributed by atoms with E-state index in [0.29, 0.717) is 0 Å². The highest BCUT2D eigenvalue weighted by Crippen LogP contribution is 2.32. The fraction of sp³-hybridized carbons (Fsp3) is 0.636. The summed E-state index contributed by atoms with van der Waals surface area (Å²) < 4.78 is 6.98. The third-order valence-electron chi connectivity index (χ3n) is 2.78. The number of aliphatic hydroxyl groups excluding tert-OH is 1. The molecule has 1 saturated heterocycles. The first-order valence-corrected chi connectivity index (χ1v) is 5.80. The molecule has 3 atom stereocenters. The van der Waals surface area contributed by atoms with E-state index in [1.807, 2.05) is 6.92 Å². The van der Waals surface area contributed by atoms with Gasteiger partial charge in [0.2, 0.25) is 0 Å². The van der Waals surface area contributed by atoms with Gasteiger partial charge in [-0.05, 0) is 19.5 Å². The van der Waals surface area contributed by atoms with Gasteiger partial charge in [-0.1, -0.05) is 6.92 Å². The van der Waals surface area contributed by atoms with Crippen LogP contribution >= 0.6 is 0 Å². The maximum absolute atomic E-state index is 11.6. The number of nitrogens with zero attached hydrogens (tertiary/aromatic N) is 2. The summed E-state index contributed by atoms with van der Waals surface area (Å²) in [5, 5.41) is 9.01. The molecule has 1 fully saturated rings. The summed E-state index contributed by atoms with van der Waals surface area (Å²) in [6, 6.07) is 1.56. The van der Waals surface area contributed by atoms with Crippen LogP contribution in [0.2, 0.25) is 0 Å². The SMILES string of the molecule is CC1CC(CO)OC1n1ccc(N)nc1=O.CN. The summed E-state index contributed by atoms with van der Waals surface area (Å²) in [7, 11) is 1.50. The van der Waals surface area contributed by atoms with Gasteiger partial charge in [-0.3, -0.25) is 4.57 Å². The Hall–Kier alpha value is -1.44. The van der Waals surface area contributed by atoms with Crippen molar-refractivity contribution in [3.8, 4) is 0 Å². The smallest absolute Gasteiger partial charge is 0.351 e. The molecule has 1 aromatic heterocycles. The van der Waals surface area contributed by atoms with Crippen LogP contribution in [0, 0.1) is 5.92 Å². The molecule has 1 aliphatic heterocycles. The van der Waals surface area contributed by atoms with Gasteiger partial charge in [-0.15, -0.1) is 0 Å². The van der Waals surface area contributed by atoms with Crippen molar-refractivity contribution in [2.24, 2.45) is 11.7 Å². The topological polar surface area (TPSA) is 116 Å². The van der Waals surface area contributed by atoms with Crippen molar-refractivity contribution < 1.29 is 9.84 Å². The molecule has 1 aromatic rings. The first kappa shape index (κ1) is 14.6. The largest absolute Gasteiger partial charge is 0.394 e. The molecular formula is C11H20N4O3. The maximum Gasteiger partial charge on any atom is 0.351 e. The van der Waals surface area contributed by atoms with Crippen LogP contribution in [0.25, 0.3) is 0 Å². The Morgan fingerprint density at radius 3 is 2.78 bits per heavy atom. The van der Waals surface area contributed by atoms with Gasteiger partial charge in [0.1, 0.15) is 12.0 Å². The number of anilines is 1. The van der Waals surface area contributed by atoms with E-state index < -0.39 is 5.69 Å². The van der Waals surface area contributed by atoms with Crippen LogP contribution in [0.3, 0.4) is 0 Å². The minimum Gasteiger partial charge on any atom is -0.394 e. The first-order valence-electron chi connectivity index (χ1n) is 5.80. The highest BCUT2D eigenvalue weighted by atomic mass is 16.5. The van der Waals surface area contributed by atoms with Crippen molar-refractivity contribution in [3.05, 3.63) is 22.7 Å². The molecule has 18 heavy (non-hydrogen) atoms. The van der Waals surface area contributed by atoms with Crippen LogP contribution < -0.4 is 17.2 Å². The Kier molecular flexibility index (Phi) is 5.26. The minimum atomic E-state index is -0.421. The van der Waals surface area contributed by atoms with E-state index in [4.69, 9.17) is 15.6 Å². The number of nitrogens with two attached hydrogens (primary N) is 2. The molecular weight excluding hydrogens is 236 g/mol. The summed E-state index contributed by atoms with van der Waals surface area (Å²) in [6.07, 6.45) is 1.74. The van der Waals surface area contributed by atoms with Gasteiger partial charge >= 0.3 is 5.69 Å². The summed E-state index contributed by atoms with van der Waals surface area (Å²) in [6.45, 7) is 1.95. The zero-order valence-corrected chi connectivity index (χ0v) is 10.6. The molecule has 5 N–H and O–H groups in total. The Labute approximate surface area is 105 Å². The second-order valence-electron chi connectivity index (χ2n) is 4.09. The second kappa shape index (κ2) is 6.48. The molecule has 7 heteroatoms. The molecule has 3 unspecified atom stereocenters. The fourth-order valence-electron chi connectivity index (χ4n) is 1.99. The van der Waals surface area contributed by atoms with E-state index in [0.717, 1.165) is 6.42 Å². The highest BCUT2D eigenvalue weighted by molar-refractivity contribution is 5.23. The fourth-order valence-corrected chi connectivity index (χ4v) is 1.99. The lowest BCUT2D eigenvalue weighted by Crippen LogP contribution is -2.29. The Bertz CT molecular complexity index is 435. The van der Waals surface area contributed by atoms with Crippen LogP contribution in [-0.2, 0) is 4.74 Å². The van der Waals surface area contributed by atoms with Crippen molar-refractivity contribution in [1.82, 2.24) is 9.55 Å². The number of rotatable bonds is 2. The van der Waals surface area contributed by atoms with Crippen molar-refractivity contribution in [2.45, 2.75) is 25.7 Å². The van der Waals surface area contributed by atoms with E-state index in [1.54, 1.807) is 12.3 Å². The summed E-state index contributed by atoms with van der Waals surface area (Å²) in [5.74, 6) is 0.367. The van der Waals surface area contributed by atoms with Crippen molar-refractivity contribution in [3.63, 3.8) is 0 Å². The number of hydrogen-bond acceptors (Lipinski definition) is 6. The van der Waals surface area contributed by atoms with Crippen molar-refractivity contribution >= 4 is 5.82 Å². The lowest BCUT2D eigenvalue weighted by atomic mass is 10.1. The Morgan fingerprint density at radius 1 is 1.61 bits per heavy atom. The standard InChI is InChI=1S/C10H15N3O3.CH5N/c1-6-4-7(5-14)16-9(6)13-3-2-8(11)12-10(13)15;1-2/h2-3,6-7,9,14H,4-5H2,1H3,(H2,11,12,15);2H2,1H3. The predicted octanol–water partition coefficient (Wildman–Crippen LogP) is -0.684. The zero-order chi connectivity index (χ0) is 13.7. The van der Waals surface area contributed by atoms with Crippen LogP contribution in [-0.4, -0.2) is 34.4 Å². The normalized spacial score (nSPS) is 26.6. The first-order chi connectivity index (χ1) is 8.61. The van der Waals surface area contributed by atoms with Crippen molar-refractivity contribution in [1.29, 1.82) is 0 Å².